The molecule has 21 heavy (non-hydrogen) atoms. The van der Waals surface area contributed by atoms with Crippen LogP contribution in [0.2, 0.25) is 0 Å². The molecule has 1 aromatic carbocycles. The van der Waals surface area contributed by atoms with Gasteiger partial charge in [-0.05, 0) is 38.3 Å². The largest absolute Gasteiger partial charge is 0.347 e. The number of benzene rings is 1. The van der Waals surface area contributed by atoms with Crippen molar-refractivity contribution >= 4 is 10.9 Å². The smallest absolute Gasteiger partial charge is 0.0483 e. The zero-order valence-electron chi connectivity index (χ0n) is 13.3. The summed E-state index contributed by atoms with van der Waals surface area (Å²) in [7, 11) is 0. The van der Waals surface area contributed by atoms with Crippen LogP contribution in [0.3, 0.4) is 0 Å². The topological polar surface area (TPSA) is 34.2 Å². The van der Waals surface area contributed by atoms with Crippen LogP contribution in [-0.4, -0.2) is 28.1 Å². The molecule has 2 heterocycles. The molecule has 2 N–H and O–H groups in total. The molecule has 0 amide bonds. The van der Waals surface area contributed by atoms with Crippen LogP contribution in [0.4, 0.5) is 0 Å². The highest BCUT2D eigenvalue weighted by atomic mass is 15.2. The molecule has 1 aliphatic heterocycles. The van der Waals surface area contributed by atoms with Crippen LogP contribution >= 0.6 is 0 Å². The summed E-state index contributed by atoms with van der Waals surface area (Å²) in [5.41, 5.74) is 8.80. The molecule has 1 fully saturated rings. The number of nitrogens with zero attached hydrogens (tertiary/aromatic N) is 2. The van der Waals surface area contributed by atoms with E-state index >= 15 is 0 Å². The summed E-state index contributed by atoms with van der Waals surface area (Å²) in [5, 5.41) is 1.40. The Morgan fingerprint density at radius 2 is 2.05 bits per heavy atom. The SMILES string of the molecule is CCn1cc(CN2C(C)CCCC2CN)c2ccccc21. The third-order valence-corrected chi connectivity index (χ3v) is 5.03. The minimum Gasteiger partial charge on any atom is -0.347 e. The van der Waals surface area contributed by atoms with Crippen molar-refractivity contribution in [3.63, 3.8) is 0 Å². The zero-order valence-corrected chi connectivity index (χ0v) is 13.3. The lowest BCUT2D eigenvalue weighted by Crippen LogP contribution is -2.48. The van der Waals surface area contributed by atoms with Gasteiger partial charge in [0.1, 0.15) is 0 Å². The van der Waals surface area contributed by atoms with E-state index in [0.29, 0.717) is 12.1 Å². The van der Waals surface area contributed by atoms with Gasteiger partial charge in [0.25, 0.3) is 0 Å². The standard InChI is InChI=1S/C18H27N3/c1-3-20-12-15(17-9-4-5-10-18(17)20)13-21-14(2)7-6-8-16(21)11-19/h4-5,9-10,12,14,16H,3,6-8,11,13,19H2,1-2H3. The van der Waals surface area contributed by atoms with E-state index < -0.39 is 0 Å². The molecule has 0 bridgehead atoms. The number of para-hydroxylation sites is 1. The molecule has 3 heteroatoms. The molecule has 1 aliphatic rings. The maximum absolute atomic E-state index is 6.01. The van der Waals surface area contributed by atoms with Gasteiger partial charge in [-0.15, -0.1) is 0 Å². The second-order valence-corrected chi connectivity index (χ2v) is 6.30. The zero-order chi connectivity index (χ0) is 14.8. The second-order valence-electron chi connectivity index (χ2n) is 6.30. The van der Waals surface area contributed by atoms with Crippen LogP contribution in [0, 0.1) is 0 Å². The Morgan fingerprint density at radius 3 is 2.81 bits per heavy atom. The number of likely N-dealkylation sites (tertiary alicyclic amines) is 1. The Morgan fingerprint density at radius 1 is 1.24 bits per heavy atom. The van der Waals surface area contributed by atoms with E-state index in [9.17, 15) is 0 Å². The molecule has 114 valence electrons. The van der Waals surface area contributed by atoms with Gasteiger partial charge in [-0.3, -0.25) is 4.90 Å². The summed E-state index contributed by atoms with van der Waals surface area (Å²) in [6.45, 7) is 7.38. The fraction of sp³-hybridized carbons (Fsp3) is 0.556. The highest BCUT2D eigenvalue weighted by Crippen LogP contribution is 2.28. The molecule has 3 rings (SSSR count). The minimum absolute atomic E-state index is 0.539. The number of rotatable bonds is 4. The molecule has 0 spiro atoms. The van der Waals surface area contributed by atoms with Gasteiger partial charge in [0.2, 0.25) is 0 Å². The highest BCUT2D eigenvalue weighted by Gasteiger charge is 2.27. The molecule has 2 aromatic rings. The van der Waals surface area contributed by atoms with E-state index in [0.717, 1.165) is 19.6 Å². The molecule has 3 nitrogen and oxygen atoms in total. The highest BCUT2D eigenvalue weighted by molar-refractivity contribution is 5.83. The first-order valence-electron chi connectivity index (χ1n) is 8.27. The first-order valence-corrected chi connectivity index (χ1v) is 8.27. The van der Waals surface area contributed by atoms with Gasteiger partial charge >= 0.3 is 0 Å². The molecule has 1 saturated heterocycles. The van der Waals surface area contributed by atoms with E-state index in [1.54, 1.807) is 0 Å². The number of aromatic nitrogens is 1. The van der Waals surface area contributed by atoms with Crippen molar-refractivity contribution in [2.24, 2.45) is 5.73 Å². The van der Waals surface area contributed by atoms with Crippen molar-refractivity contribution in [2.45, 2.75) is 58.3 Å². The Labute approximate surface area is 127 Å². The fourth-order valence-electron chi connectivity index (χ4n) is 3.79. The Kier molecular flexibility index (Phi) is 4.32. The van der Waals surface area contributed by atoms with E-state index in [-0.39, 0.29) is 0 Å². The summed E-state index contributed by atoms with van der Waals surface area (Å²) >= 11 is 0. The summed E-state index contributed by atoms with van der Waals surface area (Å²) < 4.78 is 2.36. The molecular weight excluding hydrogens is 258 g/mol. The minimum atomic E-state index is 0.539. The lowest BCUT2D eigenvalue weighted by atomic mass is 9.95. The summed E-state index contributed by atoms with van der Waals surface area (Å²) in [6, 6.07) is 9.93. The first kappa shape index (κ1) is 14.6. The van der Waals surface area contributed by atoms with Gasteiger partial charge in [0.15, 0.2) is 0 Å². The first-order chi connectivity index (χ1) is 10.2. The van der Waals surface area contributed by atoms with Crippen LogP contribution in [0.25, 0.3) is 10.9 Å². The van der Waals surface area contributed by atoms with Gasteiger partial charge in [-0.25, -0.2) is 0 Å². The van der Waals surface area contributed by atoms with Crippen LogP contribution in [0.5, 0.6) is 0 Å². The Balaban J connectivity index is 1.93. The average molecular weight is 285 g/mol. The molecule has 0 aliphatic carbocycles. The van der Waals surface area contributed by atoms with Crippen molar-refractivity contribution < 1.29 is 0 Å². The Hall–Kier alpha value is -1.32. The van der Waals surface area contributed by atoms with Crippen molar-refractivity contribution in [3.8, 4) is 0 Å². The lowest BCUT2D eigenvalue weighted by Gasteiger charge is -2.40. The van der Waals surface area contributed by atoms with Gasteiger partial charge in [0.05, 0.1) is 0 Å². The normalized spacial score (nSPS) is 23.8. The van der Waals surface area contributed by atoms with Gasteiger partial charge in [0, 0.05) is 48.8 Å². The molecule has 0 saturated carbocycles. The molecule has 2 unspecified atom stereocenters. The van der Waals surface area contributed by atoms with Crippen molar-refractivity contribution in [1.29, 1.82) is 0 Å². The average Bonchev–Trinajstić information content (AvgIpc) is 2.87. The van der Waals surface area contributed by atoms with E-state index in [2.05, 4.69) is 53.8 Å². The lowest BCUT2D eigenvalue weighted by molar-refractivity contribution is 0.0896. The van der Waals surface area contributed by atoms with Crippen molar-refractivity contribution in [3.05, 3.63) is 36.0 Å². The molecule has 0 radical (unpaired) electrons. The van der Waals surface area contributed by atoms with Gasteiger partial charge in [-0.1, -0.05) is 24.6 Å². The van der Waals surface area contributed by atoms with Crippen LogP contribution in [-0.2, 0) is 13.1 Å². The van der Waals surface area contributed by atoms with Gasteiger partial charge < -0.3 is 10.3 Å². The van der Waals surface area contributed by atoms with E-state index in [4.69, 9.17) is 5.73 Å². The van der Waals surface area contributed by atoms with Crippen LogP contribution < -0.4 is 5.73 Å². The summed E-state index contributed by atoms with van der Waals surface area (Å²) in [4.78, 5) is 2.62. The maximum atomic E-state index is 6.01. The maximum Gasteiger partial charge on any atom is 0.0483 e. The van der Waals surface area contributed by atoms with Crippen molar-refractivity contribution in [2.75, 3.05) is 6.54 Å². The monoisotopic (exact) mass is 285 g/mol. The van der Waals surface area contributed by atoms with Crippen LogP contribution in [0.15, 0.2) is 30.5 Å². The number of nitrogens with two attached hydrogens (primary N) is 1. The summed E-state index contributed by atoms with van der Waals surface area (Å²) in [5.74, 6) is 0. The molecule has 2 atom stereocenters. The molecule has 1 aromatic heterocycles. The van der Waals surface area contributed by atoms with Crippen molar-refractivity contribution in [1.82, 2.24) is 9.47 Å². The molecular formula is C18H27N3. The van der Waals surface area contributed by atoms with E-state index in [1.807, 2.05) is 0 Å². The predicted octanol–water partition coefficient (Wildman–Crippen LogP) is 3.36. The summed E-state index contributed by atoms with van der Waals surface area (Å²) in [6.07, 6.45) is 6.19. The van der Waals surface area contributed by atoms with Gasteiger partial charge in [-0.2, -0.15) is 0 Å². The predicted molar refractivity (Wildman–Crippen MR) is 89.3 cm³/mol. The quantitative estimate of drug-likeness (QED) is 0.934. The second kappa shape index (κ2) is 6.20. The third kappa shape index (κ3) is 2.72. The van der Waals surface area contributed by atoms with Crippen LogP contribution in [0.1, 0.15) is 38.7 Å². The number of hydrogen-bond acceptors (Lipinski definition) is 2. The number of fused-ring (bicyclic) bond motifs is 1. The number of aryl methyl sites for hydroxylation is 1. The van der Waals surface area contributed by atoms with E-state index in [1.165, 1.54) is 35.7 Å². The number of hydrogen-bond donors (Lipinski definition) is 1. The Bertz CT molecular complexity index is 602. The third-order valence-electron chi connectivity index (χ3n) is 5.03. The number of piperidine rings is 1. The fourth-order valence-corrected chi connectivity index (χ4v) is 3.79.